The van der Waals surface area contributed by atoms with E-state index in [0.717, 1.165) is 0 Å². The molecule has 1 aromatic rings. The van der Waals surface area contributed by atoms with Crippen LogP contribution in [0.3, 0.4) is 0 Å². The van der Waals surface area contributed by atoms with Gasteiger partial charge in [0.2, 0.25) is 0 Å². The van der Waals surface area contributed by atoms with E-state index >= 15 is 0 Å². The van der Waals surface area contributed by atoms with Crippen LogP contribution in [0.15, 0.2) is 25.0 Å². The molecule has 0 radical (unpaired) electrons. The van der Waals surface area contributed by atoms with E-state index in [2.05, 4.69) is 16.3 Å². The summed E-state index contributed by atoms with van der Waals surface area (Å²) < 4.78 is 4.56. The lowest BCUT2D eigenvalue weighted by molar-refractivity contribution is 0.0600. The topological polar surface area (TPSA) is 39.2 Å². The molecule has 12 heavy (non-hydrogen) atoms. The average molecular weight is 163 g/mol. The van der Waals surface area contributed by atoms with Crippen LogP contribution >= 0.6 is 0 Å². The molecule has 0 unspecified atom stereocenters. The number of aromatic nitrogens is 1. The summed E-state index contributed by atoms with van der Waals surface area (Å²) in [5.74, 6) is -0.368. The van der Waals surface area contributed by atoms with Gasteiger partial charge in [0.05, 0.1) is 12.7 Å². The second kappa shape index (κ2) is 3.67. The Balaban J connectivity index is 3.13. The van der Waals surface area contributed by atoms with Gasteiger partial charge in [0.15, 0.2) is 0 Å². The molecular formula is C9H9NO2. The highest BCUT2D eigenvalue weighted by Crippen LogP contribution is 2.08. The van der Waals surface area contributed by atoms with E-state index in [4.69, 9.17) is 0 Å². The molecule has 62 valence electrons. The highest BCUT2D eigenvalue weighted by Gasteiger charge is 2.07. The molecule has 0 N–H and O–H groups in total. The van der Waals surface area contributed by atoms with Gasteiger partial charge >= 0.3 is 5.97 Å². The average Bonchev–Trinajstić information content (AvgIpc) is 2.16. The quantitative estimate of drug-likeness (QED) is 0.620. The summed E-state index contributed by atoms with van der Waals surface area (Å²) in [4.78, 5) is 14.9. The first-order valence-corrected chi connectivity index (χ1v) is 3.44. The lowest BCUT2D eigenvalue weighted by atomic mass is 10.1. The van der Waals surface area contributed by atoms with Crippen molar-refractivity contribution in [1.82, 2.24) is 4.98 Å². The second-order valence-corrected chi connectivity index (χ2v) is 2.16. The molecule has 0 aliphatic rings. The van der Waals surface area contributed by atoms with E-state index in [0.29, 0.717) is 11.1 Å². The SMILES string of the molecule is C=Cc1cnccc1C(=O)OC. The summed E-state index contributed by atoms with van der Waals surface area (Å²) >= 11 is 0. The van der Waals surface area contributed by atoms with Crippen LogP contribution in [-0.4, -0.2) is 18.1 Å². The van der Waals surface area contributed by atoms with E-state index in [9.17, 15) is 4.79 Å². The molecular weight excluding hydrogens is 154 g/mol. The van der Waals surface area contributed by atoms with Crippen molar-refractivity contribution in [1.29, 1.82) is 0 Å². The summed E-state index contributed by atoms with van der Waals surface area (Å²) in [5.41, 5.74) is 1.17. The van der Waals surface area contributed by atoms with Crippen LogP contribution in [-0.2, 0) is 4.74 Å². The third kappa shape index (κ3) is 1.50. The molecule has 1 aromatic heterocycles. The van der Waals surface area contributed by atoms with Gasteiger partial charge in [-0.2, -0.15) is 0 Å². The third-order valence-corrected chi connectivity index (χ3v) is 1.48. The maximum atomic E-state index is 11.1. The fourth-order valence-electron chi connectivity index (χ4n) is 0.865. The van der Waals surface area contributed by atoms with Crippen LogP contribution in [0, 0.1) is 0 Å². The van der Waals surface area contributed by atoms with E-state index in [-0.39, 0.29) is 5.97 Å². The predicted octanol–water partition coefficient (Wildman–Crippen LogP) is 1.51. The van der Waals surface area contributed by atoms with Gasteiger partial charge in [0.25, 0.3) is 0 Å². The molecule has 0 atom stereocenters. The zero-order chi connectivity index (χ0) is 8.97. The van der Waals surface area contributed by atoms with Gasteiger partial charge in [-0.25, -0.2) is 4.79 Å². The standard InChI is InChI=1S/C9H9NO2/c1-3-7-6-10-5-4-8(7)9(11)12-2/h3-6H,1H2,2H3. The summed E-state index contributed by atoms with van der Waals surface area (Å²) in [6, 6.07) is 1.60. The third-order valence-electron chi connectivity index (χ3n) is 1.48. The van der Waals surface area contributed by atoms with Crippen LogP contribution in [0.2, 0.25) is 0 Å². The fraction of sp³-hybridized carbons (Fsp3) is 0.111. The Kier molecular flexibility index (Phi) is 2.58. The lowest BCUT2D eigenvalue weighted by Gasteiger charge is -2.01. The molecule has 0 saturated carbocycles. The van der Waals surface area contributed by atoms with Gasteiger partial charge in [-0.3, -0.25) is 4.98 Å². The Bertz CT molecular complexity index is 307. The number of carbonyl (C=O) groups excluding carboxylic acids is 1. The molecule has 3 heteroatoms. The molecule has 1 heterocycles. The lowest BCUT2D eigenvalue weighted by Crippen LogP contribution is -2.03. The molecule has 0 aliphatic heterocycles. The van der Waals surface area contributed by atoms with E-state index < -0.39 is 0 Å². The van der Waals surface area contributed by atoms with Crippen LogP contribution < -0.4 is 0 Å². The Morgan fingerprint density at radius 1 is 1.75 bits per heavy atom. The van der Waals surface area contributed by atoms with Crippen molar-refractivity contribution in [3.05, 3.63) is 36.2 Å². The van der Waals surface area contributed by atoms with E-state index in [1.807, 2.05) is 0 Å². The van der Waals surface area contributed by atoms with Crippen LogP contribution in [0.1, 0.15) is 15.9 Å². The smallest absolute Gasteiger partial charge is 0.338 e. The van der Waals surface area contributed by atoms with Gasteiger partial charge in [-0.05, 0) is 6.07 Å². The number of rotatable bonds is 2. The largest absolute Gasteiger partial charge is 0.465 e. The van der Waals surface area contributed by atoms with Crippen molar-refractivity contribution in [3.8, 4) is 0 Å². The van der Waals surface area contributed by atoms with Crippen molar-refractivity contribution >= 4 is 12.0 Å². The highest BCUT2D eigenvalue weighted by molar-refractivity contribution is 5.93. The number of hydrogen-bond acceptors (Lipinski definition) is 3. The number of esters is 1. The molecule has 0 aromatic carbocycles. The van der Waals surface area contributed by atoms with Crippen molar-refractivity contribution < 1.29 is 9.53 Å². The first kappa shape index (κ1) is 8.46. The zero-order valence-electron chi connectivity index (χ0n) is 6.78. The molecule has 0 saturated heterocycles. The van der Waals surface area contributed by atoms with Gasteiger partial charge in [0, 0.05) is 18.0 Å². The van der Waals surface area contributed by atoms with Gasteiger partial charge in [-0.15, -0.1) is 0 Å². The molecule has 0 amide bonds. The van der Waals surface area contributed by atoms with E-state index in [1.54, 1.807) is 24.5 Å². The predicted molar refractivity (Wildman–Crippen MR) is 45.7 cm³/mol. The number of pyridine rings is 1. The van der Waals surface area contributed by atoms with E-state index in [1.165, 1.54) is 7.11 Å². The summed E-state index contributed by atoms with van der Waals surface area (Å²) in [6.07, 6.45) is 4.68. The molecule has 0 aliphatic carbocycles. The minimum absolute atomic E-state index is 0.368. The Morgan fingerprint density at radius 2 is 2.50 bits per heavy atom. The molecule has 0 fully saturated rings. The first-order valence-electron chi connectivity index (χ1n) is 3.44. The summed E-state index contributed by atoms with van der Waals surface area (Å²) in [7, 11) is 1.34. The van der Waals surface area contributed by atoms with Crippen LogP contribution in [0.5, 0.6) is 0 Å². The Hall–Kier alpha value is -1.64. The fourth-order valence-corrected chi connectivity index (χ4v) is 0.865. The normalized spacial score (nSPS) is 9.08. The van der Waals surface area contributed by atoms with Gasteiger partial charge < -0.3 is 4.74 Å². The minimum Gasteiger partial charge on any atom is -0.465 e. The maximum Gasteiger partial charge on any atom is 0.338 e. The number of ether oxygens (including phenoxy) is 1. The van der Waals surface area contributed by atoms with Gasteiger partial charge in [0.1, 0.15) is 0 Å². The maximum absolute atomic E-state index is 11.1. The number of hydrogen-bond donors (Lipinski definition) is 0. The summed E-state index contributed by atoms with van der Waals surface area (Å²) in [5, 5.41) is 0. The second-order valence-electron chi connectivity index (χ2n) is 2.16. The van der Waals surface area contributed by atoms with Crippen molar-refractivity contribution in [2.45, 2.75) is 0 Å². The number of methoxy groups -OCH3 is 1. The molecule has 1 rings (SSSR count). The number of carbonyl (C=O) groups is 1. The van der Waals surface area contributed by atoms with Crippen LogP contribution in [0.4, 0.5) is 0 Å². The van der Waals surface area contributed by atoms with Crippen molar-refractivity contribution in [2.75, 3.05) is 7.11 Å². The van der Waals surface area contributed by atoms with Crippen molar-refractivity contribution in [2.24, 2.45) is 0 Å². The van der Waals surface area contributed by atoms with Gasteiger partial charge in [-0.1, -0.05) is 12.7 Å². The molecule has 0 spiro atoms. The molecule has 3 nitrogen and oxygen atoms in total. The highest BCUT2D eigenvalue weighted by atomic mass is 16.5. The summed E-state index contributed by atoms with van der Waals surface area (Å²) in [6.45, 7) is 3.56. The minimum atomic E-state index is -0.368. The Morgan fingerprint density at radius 3 is 3.08 bits per heavy atom. The Labute approximate surface area is 70.7 Å². The molecule has 0 bridgehead atoms. The first-order chi connectivity index (χ1) is 5.79. The zero-order valence-corrected chi connectivity index (χ0v) is 6.78. The number of nitrogens with zero attached hydrogens (tertiary/aromatic N) is 1. The van der Waals surface area contributed by atoms with Crippen molar-refractivity contribution in [3.63, 3.8) is 0 Å². The monoisotopic (exact) mass is 163 g/mol. The van der Waals surface area contributed by atoms with Crippen LogP contribution in [0.25, 0.3) is 6.08 Å².